The van der Waals surface area contributed by atoms with Gasteiger partial charge in [0, 0.05) is 6.04 Å². The quantitative estimate of drug-likeness (QED) is 0.640. The Morgan fingerprint density at radius 2 is 1.72 bits per heavy atom. The zero-order valence-corrected chi connectivity index (χ0v) is 16.7. The SMILES string of the molecule is CCOC(=O)C1(C)NC(c2ccc(C)cc2)C2C(=O)N(c3ccccc3)C(=O)C21. The lowest BCUT2D eigenvalue weighted by atomic mass is 9.80. The van der Waals surface area contributed by atoms with Crippen molar-refractivity contribution in [2.45, 2.75) is 32.4 Å². The number of imide groups is 1. The Kier molecular flexibility index (Phi) is 4.74. The maximum absolute atomic E-state index is 13.4. The topological polar surface area (TPSA) is 75.7 Å². The van der Waals surface area contributed by atoms with Crippen molar-refractivity contribution < 1.29 is 19.1 Å². The molecule has 0 spiro atoms. The van der Waals surface area contributed by atoms with Crippen molar-refractivity contribution in [1.29, 1.82) is 0 Å². The molecule has 2 aliphatic rings. The molecule has 0 bridgehead atoms. The summed E-state index contributed by atoms with van der Waals surface area (Å²) in [6, 6.07) is 16.2. The van der Waals surface area contributed by atoms with Gasteiger partial charge in [0.15, 0.2) is 0 Å². The molecule has 1 N–H and O–H groups in total. The zero-order chi connectivity index (χ0) is 20.8. The Hall–Kier alpha value is -2.99. The number of hydrogen-bond donors (Lipinski definition) is 1. The minimum atomic E-state index is -1.29. The molecule has 2 aliphatic heterocycles. The predicted octanol–water partition coefficient (Wildman–Crippen LogP) is 2.77. The van der Waals surface area contributed by atoms with Gasteiger partial charge in [0.25, 0.3) is 0 Å². The first-order valence-corrected chi connectivity index (χ1v) is 9.83. The maximum atomic E-state index is 13.4. The molecule has 0 radical (unpaired) electrons. The Bertz CT molecular complexity index is 957. The monoisotopic (exact) mass is 392 g/mol. The summed E-state index contributed by atoms with van der Waals surface area (Å²) in [6.07, 6.45) is 0. The first kappa shape index (κ1) is 19.3. The van der Waals surface area contributed by atoms with Crippen molar-refractivity contribution >= 4 is 23.5 Å². The van der Waals surface area contributed by atoms with E-state index < -0.39 is 29.4 Å². The molecule has 0 saturated carbocycles. The third kappa shape index (κ3) is 2.95. The minimum Gasteiger partial charge on any atom is -0.465 e. The number of anilines is 1. The molecule has 2 saturated heterocycles. The van der Waals surface area contributed by atoms with Crippen LogP contribution in [0.25, 0.3) is 0 Å². The van der Waals surface area contributed by atoms with Gasteiger partial charge >= 0.3 is 5.97 Å². The molecule has 2 aromatic rings. The standard InChI is InChI=1S/C23H24N2O4/c1-4-29-22(28)23(3)18-17(19(24-23)15-12-10-14(2)11-13-15)20(26)25(21(18)27)16-8-6-5-7-9-16/h5-13,17-19,24H,4H2,1-3H3. The molecule has 0 aromatic heterocycles. The number of esters is 1. The molecule has 2 amide bonds. The molecule has 6 nitrogen and oxygen atoms in total. The van der Waals surface area contributed by atoms with Gasteiger partial charge in [-0.1, -0.05) is 48.0 Å². The minimum absolute atomic E-state index is 0.202. The molecule has 0 aliphatic carbocycles. The molecule has 2 fully saturated rings. The first-order chi connectivity index (χ1) is 13.9. The van der Waals surface area contributed by atoms with E-state index in [-0.39, 0.29) is 18.4 Å². The summed E-state index contributed by atoms with van der Waals surface area (Å²) < 4.78 is 5.28. The summed E-state index contributed by atoms with van der Waals surface area (Å²) in [5.41, 5.74) is 1.20. The number of para-hydroxylation sites is 1. The highest BCUT2D eigenvalue weighted by molar-refractivity contribution is 6.24. The molecular weight excluding hydrogens is 368 g/mol. The highest BCUT2D eigenvalue weighted by Gasteiger charge is 2.67. The van der Waals surface area contributed by atoms with E-state index in [1.807, 2.05) is 37.3 Å². The summed E-state index contributed by atoms with van der Waals surface area (Å²) >= 11 is 0. The average Bonchev–Trinajstić information content (AvgIpc) is 3.17. The lowest BCUT2D eigenvalue weighted by Gasteiger charge is -2.29. The van der Waals surface area contributed by atoms with Crippen LogP contribution in [-0.2, 0) is 19.1 Å². The molecule has 6 heteroatoms. The van der Waals surface area contributed by atoms with E-state index >= 15 is 0 Å². The second-order valence-corrected chi connectivity index (χ2v) is 7.81. The Morgan fingerprint density at radius 1 is 1.07 bits per heavy atom. The van der Waals surface area contributed by atoms with Gasteiger partial charge < -0.3 is 4.74 Å². The number of benzene rings is 2. The molecular formula is C23H24N2O4. The Morgan fingerprint density at radius 3 is 2.34 bits per heavy atom. The van der Waals surface area contributed by atoms with Crippen LogP contribution in [0.2, 0.25) is 0 Å². The summed E-state index contributed by atoms with van der Waals surface area (Å²) in [4.78, 5) is 40.9. The number of ether oxygens (including phenoxy) is 1. The van der Waals surface area contributed by atoms with Crippen LogP contribution in [0, 0.1) is 18.8 Å². The lowest BCUT2D eigenvalue weighted by molar-refractivity contribution is -0.153. The fourth-order valence-corrected chi connectivity index (χ4v) is 4.50. The van der Waals surface area contributed by atoms with Crippen LogP contribution in [0.3, 0.4) is 0 Å². The van der Waals surface area contributed by atoms with E-state index in [0.717, 1.165) is 11.1 Å². The lowest BCUT2D eigenvalue weighted by Crippen LogP contribution is -2.54. The van der Waals surface area contributed by atoms with Gasteiger partial charge in [0.1, 0.15) is 5.54 Å². The summed E-state index contributed by atoms with van der Waals surface area (Å²) in [7, 11) is 0. The van der Waals surface area contributed by atoms with Gasteiger partial charge in [-0.15, -0.1) is 0 Å². The maximum Gasteiger partial charge on any atom is 0.326 e. The van der Waals surface area contributed by atoms with Crippen molar-refractivity contribution in [2.24, 2.45) is 11.8 Å². The Labute approximate surface area is 169 Å². The normalized spacial score (nSPS) is 28.5. The number of carbonyl (C=O) groups excluding carboxylic acids is 3. The molecule has 2 heterocycles. The van der Waals surface area contributed by atoms with Crippen LogP contribution in [0.4, 0.5) is 5.69 Å². The second-order valence-electron chi connectivity index (χ2n) is 7.81. The van der Waals surface area contributed by atoms with E-state index in [1.165, 1.54) is 4.90 Å². The van der Waals surface area contributed by atoms with Crippen molar-refractivity contribution in [3.63, 3.8) is 0 Å². The second kappa shape index (κ2) is 7.12. The van der Waals surface area contributed by atoms with Gasteiger partial charge in [0.05, 0.1) is 24.1 Å². The number of aryl methyl sites for hydroxylation is 1. The molecule has 4 rings (SSSR count). The molecule has 4 unspecified atom stereocenters. The number of rotatable bonds is 4. The zero-order valence-electron chi connectivity index (χ0n) is 16.7. The average molecular weight is 392 g/mol. The van der Waals surface area contributed by atoms with Crippen LogP contribution in [0.1, 0.15) is 31.0 Å². The Balaban J connectivity index is 1.81. The van der Waals surface area contributed by atoms with Crippen molar-refractivity contribution in [3.05, 3.63) is 65.7 Å². The largest absolute Gasteiger partial charge is 0.465 e. The third-order valence-corrected chi connectivity index (χ3v) is 5.94. The van der Waals surface area contributed by atoms with E-state index in [0.29, 0.717) is 5.69 Å². The molecule has 4 atom stereocenters. The van der Waals surface area contributed by atoms with Crippen LogP contribution < -0.4 is 10.2 Å². The van der Waals surface area contributed by atoms with Gasteiger partial charge in [-0.25, -0.2) is 4.90 Å². The summed E-state index contributed by atoms with van der Waals surface area (Å²) in [5, 5.41) is 3.28. The van der Waals surface area contributed by atoms with Crippen molar-refractivity contribution in [1.82, 2.24) is 5.32 Å². The van der Waals surface area contributed by atoms with Crippen LogP contribution in [-0.4, -0.2) is 29.9 Å². The van der Waals surface area contributed by atoms with Crippen LogP contribution in [0.5, 0.6) is 0 Å². The highest BCUT2D eigenvalue weighted by atomic mass is 16.5. The number of amides is 2. The van der Waals surface area contributed by atoms with Crippen molar-refractivity contribution in [3.8, 4) is 0 Å². The number of carbonyl (C=O) groups is 3. The molecule has 150 valence electrons. The van der Waals surface area contributed by atoms with Gasteiger partial charge in [-0.05, 0) is 38.5 Å². The highest BCUT2D eigenvalue weighted by Crippen LogP contribution is 2.49. The van der Waals surface area contributed by atoms with Gasteiger partial charge in [0.2, 0.25) is 11.8 Å². The number of nitrogens with one attached hydrogen (secondary N) is 1. The van der Waals surface area contributed by atoms with Crippen LogP contribution in [0.15, 0.2) is 54.6 Å². The van der Waals surface area contributed by atoms with E-state index in [9.17, 15) is 14.4 Å². The van der Waals surface area contributed by atoms with Gasteiger partial charge in [-0.2, -0.15) is 0 Å². The number of hydrogen-bond acceptors (Lipinski definition) is 5. The smallest absolute Gasteiger partial charge is 0.326 e. The van der Waals surface area contributed by atoms with E-state index in [4.69, 9.17) is 4.74 Å². The predicted molar refractivity (Wildman–Crippen MR) is 108 cm³/mol. The van der Waals surface area contributed by atoms with Crippen LogP contribution >= 0.6 is 0 Å². The molecule has 2 aromatic carbocycles. The van der Waals surface area contributed by atoms with Crippen molar-refractivity contribution in [2.75, 3.05) is 11.5 Å². The van der Waals surface area contributed by atoms with Gasteiger partial charge in [-0.3, -0.25) is 19.7 Å². The first-order valence-electron chi connectivity index (χ1n) is 9.83. The third-order valence-electron chi connectivity index (χ3n) is 5.94. The summed E-state index contributed by atoms with van der Waals surface area (Å²) in [6.45, 7) is 5.57. The summed E-state index contributed by atoms with van der Waals surface area (Å²) in [5.74, 6) is -2.69. The number of fused-ring (bicyclic) bond motifs is 1. The van der Waals surface area contributed by atoms with E-state index in [1.54, 1.807) is 38.1 Å². The fourth-order valence-electron chi connectivity index (χ4n) is 4.50. The number of nitrogens with zero attached hydrogens (tertiary/aromatic N) is 1. The molecule has 29 heavy (non-hydrogen) atoms. The van der Waals surface area contributed by atoms with E-state index in [2.05, 4.69) is 5.32 Å². The fraction of sp³-hybridized carbons (Fsp3) is 0.348.